The summed E-state index contributed by atoms with van der Waals surface area (Å²) in [5, 5.41) is 72.9. The van der Waals surface area contributed by atoms with E-state index in [2.05, 4.69) is 38.3 Å². The first-order valence-electron chi connectivity index (χ1n) is 39.1. The second kappa shape index (κ2) is 59.1. The van der Waals surface area contributed by atoms with Crippen molar-refractivity contribution in [2.45, 2.75) is 449 Å². The van der Waals surface area contributed by atoms with Crippen LogP contribution >= 0.6 is 0 Å². The molecule has 8 N–H and O–H groups in total. The van der Waals surface area contributed by atoms with E-state index in [-0.39, 0.29) is 36.7 Å². The first-order chi connectivity index (χ1) is 43.5. The summed E-state index contributed by atoms with van der Waals surface area (Å²) in [5.74, 6) is -0.659. The Morgan fingerprint density at radius 1 is 0.281 bits per heavy atom. The van der Waals surface area contributed by atoms with Gasteiger partial charge in [0.15, 0.2) is 12.6 Å². The number of amides is 2. The van der Waals surface area contributed by atoms with Gasteiger partial charge in [0.1, 0.15) is 48.8 Å². The zero-order valence-corrected chi connectivity index (χ0v) is 58.7. The third-order valence-electron chi connectivity index (χ3n) is 19.9. The van der Waals surface area contributed by atoms with Crippen LogP contribution in [0.3, 0.4) is 0 Å². The van der Waals surface area contributed by atoms with Crippen molar-refractivity contribution in [3.05, 3.63) is 0 Å². The van der Waals surface area contributed by atoms with Crippen LogP contribution in [0.25, 0.3) is 0 Å². The normalized spacial score (nSPS) is 22.2. The number of carbonyl (C=O) groups excluding carboxylic acids is 2. The zero-order valence-electron chi connectivity index (χ0n) is 58.7. The van der Waals surface area contributed by atoms with E-state index in [9.17, 15) is 40.2 Å². The lowest BCUT2D eigenvalue weighted by atomic mass is 9.92. The Morgan fingerprint density at radius 2 is 0.461 bits per heavy atom. The molecule has 2 saturated heterocycles. The Bertz CT molecular complexity index is 1390. The molecule has 2 rings (SSSR count). The van der Waals surface area contributed by atoms with Crippen LogP contribution in [-0.4, -0.2) is 117 Å². The van der Waals surface area contributed by atoms with Gasteiger partial charge in [-0.1, -0.05) is 362 Å². The molecule has 89 heavy (non-hydrogen) atoms. The van der Waals surface area contributed by atoms with Gasteiger partial charge in [-0.25, -0.2) is 0 Å². The Morgan fingerprint density at radius 3 is 0.652 bits per heavy atom. The number of aliphatic hydroxyl groups excluding tert-OH is 6. The van der Waals surface area contributed by atoms with Gasteiger partial charge >= 0.3 is 0 Å². The lowest BCUT2D eigenvalue weighted by molar-refractivity contribution is -0.372. The van der Waals surface area contributed by atoms with Crippen LogP contribution in [0.15, 0.2) is 0 Å². The van der Waals surface area contributed by atoms with Crippen LogP contribution in [0.2, 0.25) is 0 Å². The highest BCUT2D eigenvalue weighted by molar-refractivity contribution is 5.79. The second-order valence-electron chi connectivity index (χ2n) is 28.2. The van der Waals surface area contributed by atoms with Gasteiger partial charge in [0.2, 0.25) is 11.8 Å². The number of rotatable bonds is 64. The molecule has 13 heteroatoms. The summed E-state index contributed by atoms with van der Waals surface area (Å²) in [5.41, 5.74) is 0. The number of ether oxygens (including phenoxy) is 3. The highest BCUT2D eigenvalue weighted by Gasteiger charge is 2.50. The van der Waals surface area contributed by atoms with E-state index in [0.717, 1.165) is 103 Å². The molecule has 0 aromatic heterocycles. The van der Waals surface area contributed by atoms with Crippen LogP contribution in [0.1, 0.15) is 387 Å². The van der Waals surface area contributed by atoms with Crippen LogP contribution in [0.5, 0.6) is 0 Å². The standard InChI is InChI=1S/C76H148N2O11/c1-5-9-13-17-21-25-29-33-37-41-45-49-53-57-63(58-54-50-46-42-38-34-30-26-22-18-14-10-6-2)73(85)77-61-65-67(79)69(81)71(83)75(87-65)89-76-72(84)70(82)68(80)66(88-76)62-78-74(86)64(59-55-51-47-43-39-35-31-27-23-19-15-11-7-3)60-56-52-48-44-40-36-32-28-24-20-16-12-8-4/h63-72,75-76,79-84H,5-62H2,1-4H3,(H,77,85)(H,78,86)/t65-,66?,67-,68-,69+,70+,71-,72-,75-,76-/m1/s1. The van der Waals surface area contributed by atoms with Gasteiger partial charge in [-0.2, -0.15) is 0 Å². The lowest BCUT2D eigenvalue weighted by Gasteiger charge is -2.45. The van der Waals surface area contributed by atoms with Gasteiger partial charge in [0.25, 0.3) is 0 Å². The molecule has 2 amide bonds. The summed E-state index contributed by atoms with van der Waals surface area (Å²) < 4.78 is 18.1. The van der Waals surface area contributed by atoms with Crippen molar-refractivity contribution in [2.24, 2.45) is 11.8 Å². The van der Waals surface area contributed by atoms with Crippen molar-refractivity contribution < 1.29 is 54.4 Å². The van der Waals surface area contributed by atoms with Gasteiger partial charge in [0.05, 0.1) is 0 Å². The van der Waals surface area contributed by atoms with E-state index in [4.69, 9.17) is 14.2 Å². The van der Waals surface area contributed by atoms with Gasteiger partial charge in [-0.15, -0.1) is 0 Å². The maximum Gasteiger partial charge on any atom is 0.223 e. The molecule has 0 saturated carbocycles. The van der Waals surface area contributed by atoms with Crippen LogP contribution < -0.4 is 10.6 Å². The molecule has 528 valence electrons. The van der Waals surface area contributed by atoms with Crippen molar-refractivity contribution >= 4 is 11.8 Å². The Kier molecular flexibility index (Phi) is 55.6. The predicted octanol–water partition coefficient (Wildman–Crippen LogP) is 18.0. The Labute approximate surface area is 548 Å². The highest BCUT2D eigenvalue weighted by Crippen LogP contribution is 2.30. The first kappa shape index (κ1) is 83.7. The molecule has 0 spiro atoms. The van der Waals surface area contributed by atoms with E-state index >= 15 is 0 Å². The molecule has 0 bridgehead atoms. The average Bonchev–Trinajstić information content (AvgIpc) is 2.35. The van der Waals surface area contributed by atoms with Gasteiger partial charge in [-0.05, 0) is 25.7 Å². The van der Waals surface area contributed by atoms with E-state index in [0.29, 0.717) is 0 Å². The summed E-state index contributed by atoms with van der Waals surface area (Å²) in [6.07, 6.45) is 52.8. The van der Waals surface area contributed by atoms with Crippen LogP contribution in [0, 0.1) is 11.8 Å². The van der Waals surface area contributed by atoms with Crippen molar-refractivity contribution in [3.63, 3.8) is 0 Å². The van der Waals surface area contributed by atoms with Crippen LogP contribution in [0.4, 0.5) is 0 Å². The molecular formula is C76H148N2O11. The number of nitrogens with one attached hydrogen (secondary N) is 2. The van der Waals surface area contributed by atoms with E-state index in [1.807, 2.05) is 0 Å². The summed E-state index contributed by atoms with van der Waals surface area (Å²) in [6.45, 7) is 8.75. The molecular weight excluding hydrogens is 1120 g/mol. The molecule has 0 aromatic carbocycles. The Balaban J connectivity index is 1.98. The zero-order chi connectivity index (χ0) is 64.6. The van der Waals surface area contributed by atoms with Crippen molar-refractivity contribution in [3.8, 4) is 0 Å². The molecule has 0 aromatic rings. The summed E-state index contributed by atoms with van der Waals surface area (Å²) >= 11 is 0. The molecule has 2 fully saturated rings. The van der Waals surface area contributed by atoms with Gasteiger partial charge in [-0.3, -0.25) is 9.59 Å². The minimum atomic E-state index is -1.77. The molecule has 2 aliphatic heterocycles. The van der Waals surface area contributed by atoms with Crippen LogP contribution in [-0.2, 0) is 23.8 Å². The molecule has 0 aliphatic carbocycles. The fraction of sp³-hybridized carbons (Fsp3) is 0.974. The SMILES string of the molecule is CCCCCCCCCCCCCCCC(CCCCCCCCCCCCCCC)C(=O)NCC1O[C@H](O[C@H]2O[C@H](CNC(=O)C(CCCCCCCCCCCCCCC)CCCCCCCCCCCCCCC)[C@@H](O)[C@H](O)[C@H]2O)[C@H](O)[C@@H](O)[C@@H]1O. The number of hydrogen-bond donors (Lipinski definition) is 8. The predicted molar refractivity (Wildman–Crippen MR) is 369 cm³/mol. The van der Waals surface area contributed by atoms with Gasteiger partial charge < -0.3 is 55.5 Å². The minimum Gasteiger partial charge on any atom is -0.388 e. The number of hydrogen-bond acceptors (Lipinski definition) is 11. The summed E-state index contributed by atoms with van der Waals surface area (Å²) in [6, 6.07) is 0. The third kappa shape index (κ3) is 42.6. The third-order valence-corrected chi connectivity index (χ3v) is 19.9. The maximum absolute atomic E-state index is 14.0. The molecule has 10 atom stereocenters. The fourth-order valence-electron chi connectivity index (χ4n) is 13.7. The van der Waals surface area contributed by atoms with E-state index in [1.165, 1.54) is 257 Å². The molecule has 0 radical (unpaired) electrons. The fourth-order valence-corrected chi connectivity index (χ4v) is 13.7. The quantitative estimate of drug-likeness (QED) is 0.0269. The maximum atomic E-state index is 14.0. The number of carbonyl (C=O) groups is 2. The van der Waals surface area contributed by atoms with Crippen molar-refractivity contribution in [2.75, 3.05) is 13.1 Å². The second-order valence-corrected chi connectivity index (χ2v) is 28.2. The lowest BCUT2D eigenvalue weighted by Crippen LogP contribution is -2.65. The van der Waals surface area contributed by atoms with Gasteiger partial charge in [0, 0.05) is 24.9 Å². The van der Waals surface area contributed by atoms with Crippen molar-refractivity contribution in [1.82, 2.24) is 10.6 Å². The minimum absolute atomic E-state index is 0.124. The molecule has 13 nitrogen and oxygen atoms in total. The topological polar surface area (TPSA) is 207 Å². The first-order valence-corrected chi connectivity index (χ1v) is 39.1. The smallest absolute Gasteiger partial charge is 0.223 e. The van der Waals surface area contributed by atoms with Crippen molar-refractivity contribution in [1.29, 1.82) is 0 Å². The summed E-state index contributed by atoms with van der Waals surface area (Å²) in [4.78, 5) is 28.0. The Hall–Kier alpha value is -1.42. The monoisotopic (exact) mass is 1270 g/mol. The molecule has 1 unspecified atom stereocenters. The number of unbranched alkanes of at least 4 members (excludes halogenated alkanes) is 48. The molecule has 2 aliphatic rings. The van der Waals surface area contributed by atoms with E-state index in [1.54, 1.807) is 0 Å². The molecule has 2 heterocycles. The largest absolute Gasteiger partial charge is 0.388 e. The highest BCUT2D eigenvalue weighted by atomic mass is 16.8. The van der Waals surface area contributed by atoms with E-state index < -0.39 is 61.4 Å². The average molecular weight is 1270 g/mol. The number of aliphatic hydroxyl groups is 6. The summed E-state index contributed by atoms with van der Waals surface area (Å²) in [7, 11) is 0.